The van der Waals surface area contributed by atoms with Crippen molar-refractivity contribution in [1.82, 2.24) is 0 Å². The van der Waals surface area contributed by atoms with Crippen molar-refractivity contribution in [3.05, 3.63) is 94.8 Å². The zero-order valence-corrected chi connectivity index (χ0v) is 15.7. The van der Waals surface area contributed by atoms with Crippen LogP contribution < -0.4 is 4.90 Å². The first-order valence-electron chi connectivity index (χ1n) is 9.22. The van der Waals surface area contributed by atoms with Crippen LogP contribution in [-0.2, 0) is 17.7 Å². The Bertz CT molecular complexity index is 1080. The van der Waals surface area contributed by atoms with E-state index in [2.05, 4.69) is 21.9 Å². The topological polar surface area (TPSA) is 33.9 Å². The zero-order valence-electron chi connectivity index (χ0n) is 15.7. The molecule has 3 aromatic carbocycles. The van der Waals surface area contributed by atoms with Crippen molar-refractivity contribution in [2.45, 2.75) is 13.0 Å². The SMILES string of the molecule is [C-]#[N+]c1ccc2c(c1)CCN2Cc1ccccc1-c1ccccc1C(=O)OC. The van der Waals surface area contributed by atoms with Gasteiger partial charge in [-0.25, -0.2) is 9.64 Å². The van der Waals surface area contributed by atoms with Crippen LogP contribution in [0.15, 0.2) is 66.7 Å². The maximum Gasteiger partial charge on any atom is 0.338 e. The summed E-state index contributed by atoms with van der Waals surface area (Å²) in [5.74, 6) is -0.330. The summed E-state index contributed by atoms with van der Waals surface area (Å²) in [7, 11) is 1.41. The molecule has 0 bridgehead atoms. The number of carbonyl (C=O) groups is 1. The van der Waals surface area contributed by atoms with E-state index in [1.54, 1.807) is 6.07 Å². The van der Waals surface area contributed by atoms with E-state index in [1.807, 2.05) is 48.5 Å². The molecule has 0 amide bonds. The average molecular weight is 368 g/mol. The lowest BCUT2D eigenvalue weighted by molar-refractivity contribution is 0.0601. The highest BCUT2D eigenvalue weighted by Gasteiger charge is 2.21. The van der Waals surface area contributed by atoms with Gasteiger partial charge < -0.3 is 9.64 Å². The van der Waals surface area contributed by atoms with Crippen LogP contribution in [0.4, 0.5) is 11.4 Å². The molecule has 0 atom stereocenters. The molecule has 28 heavy (non-hydrogen) atoms. The highest BCUT2D eigenvalue weighted by Crippen LogP contribution is 2.35. The summed E-state index contributed by atoms with van der Waals surface area (Å²) in [5, 5.41) is 0. The van der Waals surface area contributed by atoms with Gasteiger partial charge in [-0.1, -0.05) is 54.6 Å². The van der Waals surface area contributed by atoms with Crippen LogP contribution in [0.3, 0.4) is 0 Å². The molecular formula is C24H20N2O2. The van der Waals surface area contributed by atoms with Gasteiger partial charge in [-0.3, -0.25) is 0 Å². The average Bonchev–Trinajstić information content (AvgIpc) is 3.15. The summed E-state index contributed by atoms with van der Waals surface area (Å²) < 4.78 is 4.97. The number of hydrogen-bond acceptors (Lipinski definition) is 3. The fraction of sp³-hybridized carbons (Fsp3) is 0.167. The minimum absolute atomic E-state index is 0.330. The molecule has 0 N–H and O–H groups in total. The molecule has 0 saturated heterocycles. The molecule has 4 rings (SSSR count). The van der Waals surface area contributed by atoms with Crippen LogP contribution in [0.25, 0.3) is 16.0 Å². The van der Waals surface area contributed by atoms with E-state index in [0.717, 1.165) is 36.2 Å². The van der Waals surface area contributed by atoms with Crippen LogP contribution in [0, 0.1) is 6.57 Å². The lowest BCUT2D eigenvalue weighted by atomic mass is 9.95. The fourth-order valence-corrected chi connectivity index (χ4v) is 3.82. The molecule has 0 radical (unpaired) electrons. The smallest absolute Gasteiger partial charge is 0.338 e. The Morgan fingerprint density at radius 3 is 2.61 bits per heavy atom. The van der Waals surface area contributed by atoms with Gasteiger partial charge in [-0.15, -0.1) is 0 Å². The number of hydrogen-bond donors (Lipinski definition) is 0. The summed E-state index contributed by atoms with van der Waals surface area (Å²) in [6.07, 6.45) is 0.944. The van der Waals surface area contributed by atoms with E-state index in [4.69, 9.17) is 11.3 Å². The van der Waals surface area contributed by atoms with E-state index in [9.17, 15) is 4.79 Å². The Morgan fingerprint density at radius 2 is 1.82 bits per heavy atom. The van der Waals surface area contributed by atoms with Gasteiger partial charge in [0.15, 0.2) is 5.69 Å². The first-order valence-corrected chi connectivity index (χ1v) is 9.22. The van der Waals surface area contributed by atoms with Gasteiger partial charge in [0.05, 0.1) is 19.2 Å². The Morgan fingerprint density at radius 1 is 1.07 bits per heavy atom. The molecule has 4 heteroatoms. The van der Waals surface area contributed by atoms with E-state index in [-0.39, 0.29) is 5.97 Å². The van der Waals surface area contributed by atoms with Crippen molar-refractivity contribution >= 4 is 17.3 Å². The second kappa shape index (κ2) is 7.58. The van der Waals surface area contributed by atoms with E-state index in [1.165, 1.54) is 18.4 Å². The predicted molar refractivity (Wildman–Crippen MR) is 111 cm³/mol. The van der Waals surface area contributed by atoms with Gasteiger partial charge in [0.2, 0.25) is 0 Å². The standard InChI is InChI=1S/C24H20N2O2/c1-25-19-11-12-23-17(15-19)13-14-26(23)16-18-7-3-4-8-20(18)21-9-5-6-10-22(21)24(27)28-2/h3-12,15H,13-14,16H2,2H3. The number of benzene rings is 3. The van der Waals surface area contributed by atoms with Gasteiger partial charge in [0.25, 0.3) is 0 Å². The molecule has 0 unspecified atom stereocenters. The molecule has 138 valence electrons. The molecule has 0 spiro atoms. The van der Waals surface area contributed by atoms with E-state index >= 15 is 0 Å². The van der Waals surface area contributed by atoms with Gasteiger partial charge in [-0.05, 0) is 40.8 Å². The number of ether oxygens (including phenoxy) is 1. The van der Waals surface area contributed by atoms with Gasteiger partial charge in [0.1, 0.15) is 0 Å². The molecule has 0 aliphatic carbocycles. The quantitative estimate of drug-likeness (QED) is 0.466. The van der Waals surface area contributed by atoms with Crippen molar-refractivity contribution in [1.29, 1.82) is 0 Å². The molecule has 1 heterocycles. The number of rotatable bonds is 4. The number of methoxy groups -OCH3 is 1. The Kier molecular flexibility index (Phi) is 4.82. The van der Waals surface area contributed by atoms with Crippen LogP contribution in [0.5, 0.6) is 0 Å². The summed E-state index contributed by atoms with van der Waals surface area (Å²) in [6.45, 7) is 8.87. The Balaban J connectivity index is 1.70. The largest absolute Gasteiger partial charge is 0.465 e. The Hall–Kier alpha value is -3.58. The van der Waals surface area contributed by atoms with Crippen molar-refractivity contribution in [3.63, 3.8) is 0 Å². The van der Waals surface area contributed by atoms with Crippen LogP contribution >= 0.6 is 0 Å². The number of fused-ring (bicyclic) bond motifs is 1. The third-order valence-electron chi connectivity index (χ3n) is 5.19. The lowest BCUT2D eigenvalue weighted by Gasteiger charge is -2.22. The van der Waals surface area contributed by atoms with Crippen molar-refractivity contribution in [2.75, 3.05) is 18.6 Å². The number of anilines is 1. The molecule has 0 saturated carbocycles. The second-order valence-corrected chi connectivity index (χ2v) is 6.79. The van der Waals surface area contributed by atoms with Crippen LogP contribution in [0.2, 0.25) is 0 Å². The normalized spacial score (nSPS) is 12.4. The molecule has 1 aliphatic rings. The fourth-order valence-electron chi connectivity index (χ4n) is 3.82. The van der Waals surface area contributed by atoms with Crippen molar-refractivity contribution in [3.8, 4) is 11.1 Å². The highest BCUT2D eigenvalue weighted by molar-refractivity contribution is 5.97. The maximum absolute atomic E-state index is 12.2. The summed E-state index contributed by atoms with van der Waals surface area (Å²) >= 11 is 0. The van der Waals surface area contributed by atoms with Crippen LogP contribution in [-0.4, -0.2) is 19.6 Å². The molecular weight excluding hydrogens is 348 g/mol. The van der Waals surface area contributed by atoms with Crippen molar-refractivity contribution in [2.24, 2.45) is 0 Å². The summed E-state index contributed by atoms with van der Waals surface area (Å²) in [4.78, 5) is 18.1. The predicted octanol–water partition coefficient (Wildman–Crippen LogP) is 5.25. The van der Waals surface area contributed by atoms with Crippen LogP contribution in [0.1, 0.15) is 21.5 Å². The summed E-state index contributed by atoms with van der Waals surface area (Å²) in [5.41, 5.74) is 6.74. The molecule has 4 nitrogen and oxygen atoms in total. The molecule has 3 aromatic rings. The number of carbonyl (C=O) groups excluding carboxylic acids is 1. The highest BCUT2D eigenvalue weighted by atomic mass is 16.5. The maximum atomic E-state index is 12.2. The van der Waals surface area contributed by atoms with Crippen molar-refractivity contribution < 1.29 is 9.53 Å². The molecule has 0 fully saturated rings. The Labute approximate surface area is 164 Å². The van der Waals surface area contributed by atoms with E-state index in [0.29, 0.717) is 11.3 Å². The first kappa shape index (κ1) is 17.8. The zero-order chi connectivity index (χ0) is 19.5. The van der Waals surface area contributed by atoms with Gasteiger partial charge >= 0.3 is 5.97 Å². The van der Waals surface area contributed by atoms with Gasteiger partial charge in [0, 0.05) is 18.8 Å². The second-order valence-electron chi connectivity index (χ2n) is 6.79. The molecule has 0 aromatic heterocycles. The lowest BCUT2D eigenvalue weighted by Crippen LogP contribution is -2.20. The number of nitrogens with zero attached hydrogens (tertiary/aromatic N) is 2. The summed E-state index contributed by atoms with van der Waals surface area (Å²) in [6, 6.07) is 21.6. The molecule has 1 aliphatic heterocycles. The third kappa shape index (κ3) is 3.23. The number of esters is 1. The first-order chi connectivity index (χ1) is 13.7. The monoisotopic (exact) mass is 368 g/mol. The van der Waals surface area contributed by atoms with Gasteiger partial charge in [-0.2, -0.15) is 0 Å². The minimum Gasteiger partial charge on any atom is -0.465 e. The third-order valence-corrected chi connectivity index (χ3v) is 5.19. The minimum atomic E-state index is -0.330. The van der Waals surface area contributed by atoms with E-state index < -0.39 is 0 Å².